The van der Waals surface area contributed by atoms with Crippen LogP contribution in [-0.2, 0) is 25.7 Å². The van der Waals surface area contributed by atoms with Crippen LogP contribution in [0.4, 0.5) is 0 Å². The van der Waals surface area contributed by atoms with Crippen LogP contribution in [0.1, 0.15) is 43.9 Å². The molecule has 0 radical (unpaired) electrons. The lowest BCUT2D eigenvalue weighted by Crippen LogP contribution is -2.22. The van der Waals surface area contributed by atoms with Crippen LogP contribution in [0.25, 0.3) is 6.08 Å². The minimum atomic E-state index is -1.19. The lowest BCUT2D eigenvalue weighted by atomic mass is 10.2. The summed E-state index contributed by atoms with van der Waals surface area (Å²) in [7, 11) is -1.19. The van der Waals surface area contributed by atoms with Crippen molar-refractivity contribution >= 4 is 26.1 Å². The van der Waals surface area contributed by atoms with Gasteiger partial charge in [0.1, 0.15) is 18.0 Å². The maximum absolute atomic E-state index is 12.1. The third-order valence-electron chi connectivity index (χ3n) is 3.29. The van der Waals surface area contributed by atoms with Crippen molar-refractivity contribution in [1.29, 1.82) is 0 Å². The van der Waals surface area contributed by atoms with Crippen molar-refractivity contribution < 1.29 is 23.8 Å². The van der Waals surface area contributed by atoms with Crippen molar-refractivity contribution in [1.82, 2.24) is 9.78 Å². The van der Waals surface area contributed by atoms with Gasteiger partial charge in [0.2, 0.25) is 0 Å². The first-order chi connectivity index (χ1) is 12.4. The van der Waals surface area contributed by atoms with E-state index in [1.165, 1.54) is 16.8 Å². The first-order valence-electron chi connectivity index (χ1n) is 9.15. The molecule has 8 heteroatoms. The Morgan fingerprint density at radius 1 is 1.26 bits per heavy atom. The van der Waals surface area contributed by atoms with Crippen LogP contribution in [0.15, 0.2) is 12.1 Å². The molecule has 7 nitrogen and oxygen atoms in total. The molecule has 0 bridgehead atoms. The van der Waals surface area contributed by atoms with Gasteiger partial charge in [-0.25, -0.2) is 14.3 Å². The molecule has 152 valence electrons. The molecular weight excluding hydrogens is 364 g/mol. The van der Waals surface area contributed by atoms with Gasteiger partial charge in [0.15, 0.2) is 0 Å². The normalized spacial score (nSPS) is 12.4. The number of ether oxygens (including phenoxy) is 3. The second-order valence-electron chi connectivity index (χ2n) is 8.39. The van der Waals surface area contributed by atoms with Crippen LogP contribution in [0.2, 0.25) is 25.7 Å². The Morgan fingerprint density at radius 3 is 2.48 bits per heavy atom. The molecule has 0 aliphatic heterocycles. The minimum Gasteiger partial charge on any atom is -0.461 e. The molecule has 0 aliphatic rings. The van der Waals surface area contributed by atoms with Crippen LogP contribution < -0.4 is 0 Å². The van der Waals surface area contributed by atoms with Gasteiger partial charge < -0.3 is 14.2 Å². The first-order valence-corrected chi connectivity index (χ1v) is 12.9. The zero-order valence-corrected chi connectivity index (χ0v) is 18.5. The van der Waals surface area contributed by atoms with Gasteiger partial charge in [0.25, 0.3) is 0 Å². The number of hydrogen-bond donors (Lipinski definition) is 0. The van der Waals surface area contributed by atoms with Gasteiger partial charge in [0, 0.05) is 20.8 Å². The average Bonchev–Trinajstić information content (AvgIpc) is 2.90. The van der Waals surface area contributed by atoms with Crippen LogP contribution >= 0.6 is 0 Å². The molecule has 0 atom stereocenters. The third kappa shape index (κ3) is 9.53. The SMILES string of the molecule is CCOC(=O)c1cc(/C=C/C(=O)OC(C)(C)C)nn1COCC[Si](C)(C)C. The predicted octanol–water partition coefficient (Wildman–Crippen LogP) is 3.73. The monoisotopic (exact) mass is 396 g/mol. The van der Waals surface area contributed by atoms with Gasteiger partial charge in [-0.2, -0.15) is 5.10 Å². The molecule has 0 aromatic carbocycles. The van der Waals surface area contributed by atoms with Crippen LogP contribution in [0, 0.1) is 0 Å². The molecule has 0 unspecified atom stereocenters. The fourth-order valence-corrected chi connectivity index (χ4v) is 2.76. The Balaban J connectivity index is 2.85. The summed E-state index contributed by atoms with van der Waals surface area (Å²) in [6, 6.07) is 2.59. The van der Waals surface area contributed by atoms with E-state index in [4.69, 9.17) is 14.2 Å². The third-order valence-corrected chi connectivity index (χ3v) is 4.99. The molecule has 0 N–H and O–H groups in total. The van der Waals surface area contributed by atoms with E-state index in [0.29, 0.717) is 12.3 Å². The fraction of sp³-hybridized carbons (Fsp3) is 0.632. The van der Waals surface area contributed by atoms with Gasteiger partial charge in [-0.05, 0) is 45.9 Å². The molecule has 1 aromatic heterocycles. The Morgan fingerprint density at radius 2 is 1.93 bits per heavy atom. The molecule has 0 aliphatic carbocycles. The summed E-state index contributed by atoms with van der Waals surface area (Å²) >= 11 is 0. The number of aromatic nitrogens is 2. The maximum atomic E-state index is 12.1. The van der Waals surface area contributed by atoms with Gasteiger partial charge in [-0.15, -0.1) is 0 Å². The number of esters is 2. The Hall–Kier alpha value is -1.93. The summed E-state index contributed by atoms with van der Waals surface area (Å²) in [5, 5.41) is 4.32. The lowest BCUT2D eigenvalue weighted by Gasteiger charge is -2.17. The largest absolute Gasteiger partial charge is 0.461 e. The van der Waals surface area contributed by atoms with Crippen molar-refractivity contribution in [3.05, 3.63) is 23.5 Å². The highest BCUT2D eigenvalue weighted by molar-refractivity contribution is 6.76. The minimum absolute atomic E-state index is 0.152. The van der Waals surface area contributed by atoms with Crippen LogP contribution in [0.5, 0.6) is 0 Å². The van der Waals surface area contributed by atoms with Crippen molar-refractivity contribution in [2.45, 2.75) is 65.7 Å². The number of carbonyl (C=O) groups excluding carboxylic acids is 2. The highest BCUT2D eigenvalue weighted by Crippen LogP contribution is 2.12. The smallest absolute Gasteiger partial charge is 0.356 e. The standard InChI is InChI=1S/C19H32N2O5Si/c1-8-25-18(23)16-13-15(9-10-17(22)26-19(2,3)4)20-21(16)14-24-11-12-27(5,6)7/h9-10,13H,8,11-12,14H2,1-7H3/b10-9+. The van der Waals surface area contributed by atoms with Crippen LogP contribution in [0.3, 0.4) is 0 Å². The van der Waals surface area contributed by atoms with Gasteiger partial charge in [-0.1, -0.05) is 19.6 Å². The molecule has 0 amide bonds. The number of hydrogen-bond acceptors (Lipinski definition) is 6. The van der Waals surface area contributed by atoms with E-state index in [1.807, 2.05) is 0 Å². The van der Waals surface area contributed by atoms with Crippen molar-refractivity contribution in [3.63, 3.8) is 0 Å². The fourth-order valence-electron chi connectivity index (χ4n) is 2.00. The second kappa shape index (κ2) is 9.84. The van der Waals surface area contributed by atoms with E-state index >= 15 is 0 Å². The molecule has 0 saturated carbocycles. The van der Waals surface area contributed by atoms with Gasteiger partial charge >= 0.3 is 11.9 Å². The second-order valence-corrected chi connectivity index (χ2v) is 14.0. The number of nitrogens with zero attached hydrogens (tertiary/aromatic N) is 2. The van der Waals surface area contributed by atoms with E-state index in [2.05, 4.69) is 24.7 Å². The number of rotatable bonds is 9. The van der Waals surface area contributed by atoms with E-state index < -0.39 is 25.6 Å². The Bertz CT molecular complexity index is 669. The Kier molecular flexibility index (Phi) is 8.42. The van der Waals surface area contributed by atoms with Crippen molar-refractivity contribution in [2.75, 3.05) is 13.2 Å². The zero-order valence-electron chi connectivity index (χ0n) is 17.5. The summed E-state index contributed by atoms with van der Waals surface area (Å²) < 4.78 is 17.4. The predicted molar refractivity (Wildman–Crippen MR) is 107 cm³/mol. The van der Waals surface area contributed by atoms with Gasteiger partial charge in [0.05, 0.1) is 12.3 Å². The van der Waals surface area contributed by atoms with Crippen LogP contribution in [-0.4, -0.2) is 48.6 Å². The topological polar surface area (TPSA) is 79.7 Å². The van der Waals surface area contributed by atoms with Crippen molar-refractivity contribution in [2.24, 2.45) is 0 Å². The Labute approximate surface area is 162 Å². The summed E-state index contributed by atoms with van der Waals surface area (Å²) in [5.74, 6) is -0.947. The summed E-state index contributed by atoms with van der Waals surface area (Å²) in [6.45, 7) is 15.0. The summed E-state index contributed by atoms with van der Waals surface area (Å²) in [5.41, 5.74) is 0.174. The van der Waals surface area contributed by atoms with E-state index in [9.17, 15) is 9.59 Å². The van der Waals surface area contributed by atoms with Gasteiger partial charge in [-0.3, -0.25) is 0 Å². The van der Waals surface area contributed by atoms with E-state index in [1.54, 1.807) is 33.8 Å². The average molecular weight is 397 g/mol. The summed E-state index contributed by atoms with van der Waals surface area (Å²) in [6.07, 6.45) is 2.80. The highest BCUT2D eigenvalue weighted by Gasteiger charge is 2.18. The molecular formula is C19H32N2O5Si. The first kappa shape index (κ1) is 23.1. The molecule has 1 aromatic rings. The molecule has 1 rings (SSSR count). The number of carbonyl (C=O) groups is 2. The molecule has 27 heavy (non-hydrogen) atoms. The highest BCUT2D eigenvalue weighted by atomic mass is 28.3. The lowest BCUT2D eigenvalue weighted by molar-refractivity contribution is -0.148. The summed E-state index contributed by atoms with van der Waals surface area (Å²) in [4.78, 5) is 24.0. The van der Waals surface area contributed by atoms with Crippen molar-refractivity contribution in [3.8, 4) is 0 Å². The van der Waals surface area contributed by atoms with E-state index in [0.717, 1.165) is 6.04 Å². The zero-order chi connectivity index (χ0) is 20.7. The molecule has 0 fully saturated rings. The molecule has 1 heterocycles. The van der Waals surface area contributed by atoms with E-state index in [-0.39, 0.29) is 19.0 Å². The maximum Gasteiger partial charge on any atom is 0.356 e. The molecule has 0 saturated heterocycles. The molecule has 0 spiro atoms. The quantitative estimate of drug-likeness (QED) is 0.274.